The zero-order valence-corrected chi connectivity index (χ0v) is 19.2. The third kappa shape index (κ3) is 5.83. The van der Waals surface area contributed by atoms with Gasteiger partial charge in [-0.25, -0.2) is 0 Å². The largest absolute Gasteiger partial charge is 0.493 e. The summed E-state index contributed by atoms with van der Waals surface area (Å²) in [6.07, 6.45) is 3.86. The summed E-state index contributed by atoms with van der Waals surface area (Å²) in [4.78, 5) is 0. The molecule has 0 spiro atoms. The van der Waals surface area contributed by atoms with E-state index in [1.165, 1.54) is 0 Å². The van der Waals surface area contributed by atoms with E-state index in [-0.39, 0.29) is 6.04 Å². The van der Waals surface area contributed by atoms with E-state index < -0.39 is 5.41 Å². The molecule has 2 aromatic rings. The molecule has 31 heavy (non-hydrogen) atoms. The highest BCUT2D eigenvalue weighted by atomic mass is 16.5. The molecule has 2 rings (SSSR count). The predicted octanol–water partition coefficient (Wildman–Crippen LogP) is 4.63. The molecule has 0 bridgehead atoms. The lowest BCUT2D eigenvalue weighted by Gasteiger charge is -2.27. The molecule has 0 saturated carbocycles. The smallest absolute Gasteiger partial charge is 0.161 e. The molecular weight excluding hydrogens is 392 g/mol. The van der Waals surface area contributed by atoms with Crippen molar-refractivity contribution in [2.24, 2.45) is 5.73 Å². The number of rotatable bonds is 12. The molecule has 0 fully saturated rings. The molecule has 0 aliphatic carbocycles. The minimum absolute atomic E-state index is 0.00301. The Balaban J connectivity index is 2.05. The fourth-order valence-corrected chi connectivity index (χ4v) is 3.94. The van der Waals surface area contributed by atoms with E-state index in [1.807, 2.05) is 43.3 Å². The molecule has 2 atom stereocenters. The lowest BCUT2D eigenvalue weighted by molar-refractivity contribution is 0.352. The van der Waals surface area contributed by atoms with E-state index >= 15 is 0 Å². The normalized spacial score (nSPS) is 13.6. The lowest BCUT2D eigenvalue weighted by atomic mass is 9.75. The van der Waals surface area contributed by atoms with Crippen LogP contribution in [0.4, 0.5) is 0 Å². The monoisotopic (exact) mass is 426 g/mol. The molecule has 6 heteroatoms. The average molecular weight is 427 g/mol. The van der Waals surface area contributed by atoms with Crippen molar-refractivity contribution >= 4 is 0 Å². The van der Waals surface area contributed by atoms with Crippen molar-refractivity contribution in [2.45, 2.75) is 50.5 Å². The summed E-state index contributed by atoms with van der Waals surface area (Å²) in [7, 11) is 6.46. The van der Waals surface area contributed by atoms with Crippen LogP contribution in [0.15, 0.2) is 36.4 Å². The number of ether oxygens (including phenoxy) is 4. The highest BCUT2D eigenvalue weighted by Crippen LogP contribution is 2.38. The van der Waals surface area contributed by atoms with E-state index in [9.17, 15) is 5.26 Å². The van der Waals surface area contributed by atoms with Crippen LogP contribution in [-0.2, 0) is 11.8 Å². The number of benzene rings is 2. The van der Waals surface area contributed by atoms with Gasteiger partial charge >= 0.3 is 0 Å². The van der Waals surface area contributed by atoms with Crippen LogP contribution in [0, 0.1) is 11.3 Å². The first-order valence-corrected chi connectivity index (χ1v) is 10.6. The summed E-state index contributed by atoms with van der Waals surface area (Å²) < 4.78 is 21.4. The standard InChI is InChI=1S/C25H34N2O4/c1-6-25(17-26,19-10-12-22(29-3)24(16-19)31-5)13-7-8-20(27)14-18-9-11-21(28-2)23(15-18)30-4/h9-12,15-16,20H,6-8,13-14,27H2,1-5H3. The topological polar surface area (TPSA) is 86.7 Å². The van der Waals surface area contributed by atoms with Crippen LogP contribution >= 0.6 is 0 Å². The number of nitrogens with two attached hydrogens (primary N) is 1. The second-order valence-electron chi connectivity index (χ2n) is 7.66. The molecule has 168 valence electrons. The third-order valence-electron chi connectivity index (χ3n) is 5.88. The second-order valence-corrected chi connectivity index (χ2v) is 7.66. The molecular formula is C25H34N2O4. The van der Waals surface area contributed by atoms with Gasteiger partial charge in [-0.15, -0.1) is 0 Å². The van der Waals surface area contributed by atoms with Crippen LogP contribution in [0.3, 0.4) is 0 Å². The van der Waals surface area contributed by atoms with Gasteiger partial charge in [-0.05, 0) is 67.5 Å². The summed E-state index contributed by atoms with van der Waals surface area (Å²) in [6, 6.07) is 14.2. The van der Waals surface area contributed by atoms with Crippen LogP contribution < -0.4 is 24.7 Å². The third-order valence-corrected chi connectivity index (χ3v) is 5.88. The number of nitriles is 1. The van der Waals surface area contributed by atoms with Gasteiger partial charge < -0.3 is 24.7 Å². The van der Waals surface area contributed by atoms with Crippen molar-refractivity contribution in [3.63, 3.8) is 0 Å². The van der Waals surface area contributed by atoms with Crippen molar-refractivity contribution in [3.05, 3.63) is 47.5 Å². The van der Waals surface area contributed by atoms with E-state index in [0.717, 1.165) is 36.8 Å². The number of hydrogen-bond donors (Lipinski definition) is 1. The minimum atomic E-state index is -0.581. The minimum Gasteiger partial charge on any atom is -0.493 e. The summed E-state index contributed by atoms with van der Waals surface area (Å²) in [5, 5.41) is 10.0. The second kappa shape index (κ2) is 11.5. The van der Waals surface area contributed by atoms with Gasteiger partial charge in [0.25, 0.3) is 0 Å². The average Bonchev–Trinajstić information content (AvgIpc) is 2.81. The summed E-state index contributed by atoms with van der Waals surface area (Å²) >= 11 is 0. The van der Waals surface area contributed by atoms with Crippen molar-refractivity contribution in [1.82, 2.24) is 0 Å². The van der Waals surface area contributed by atoms with Gasteiger partial charge in [0.1, 0.15) is 0 Å². The molecule has 2 unspecified atom stereocenters. The maximum atomic E-state index is 10.0. The van der Waals surface area contributed by atoms with Crippen LogP contribution in [0.1, 0.15) is 43.7 Å². The Labute approximate surface area is 185 Å². The van der Waals surface area contributed by atoms with E-state index in [0.29, 0.717) is 29.4 Å². The molecule has 0 radical (unpaired) electrons. The number of methoxy groups -OCH3 is 4. The van der Waals surface area contributed by atoms with Gasteiger partial charge in [-0.1, -0.05) is 19.1 Å². The van der Waals surface area contributed by atoms with Gasteiger partial charge in [-0.2, -0.15) is 5.26 Å². The maximum Gasteiger partial charge on any atom is 0.161 e. The molecule has 0 amide bonds. The molecule has 2 N–H and O–H groups in total. The summed E-state index contributed by atoms with van der Waals surface area (Å²) in [5.41, 5.74) is 7.88. The van der Waals surface area contributed by atoms with Crippen molar-refractivity contribution < 1.29 is 18.9 Å². The SMILES string of the molecule is CCC(C#N)(CCCC(N)Cc1ccc(OC)c(OC)c1)c1ccc(OC)c(OC)c1. The Morgan fingerprint density at radius 2 is 1.48 bits per heavy atom. The zero-order valence-electron chi connectivity index (χ0n) is 19.2. The van der Waals surface area contributed by atoms with Crippen molar-refractivity contribution in [3.8, 4) is 29.1 Å². The highest BCUT2D eigenvalue weighted by Gasteiger charge is 2.31. The molecule has 0 aromatic heterocycles. The zero-order chi connectivity index (χ0) is 22.9. The Morgan fingerprint density at radius 3 is 2.03 bits per heavy atom. The fraction of sp³-hybridized carbons (Fsp3) is 0.480. The Kier molecular flexibility index (Phi) is 9.02. The van der Waals surface area contributed by atoms with Gasteiger partial charge in [0.05, 0.1) is 39.9 Å². The van der Waals surface area contributed by atoms with E-state index in [2.05, 4.69) is 6.07 Å². The van der Waals surface area contributed by atoms with Gasteiger partial charge in [0.15, 0.2) is 23.0 Å². The number of hydrogen-bond acceptors (Lipinski definition) is 6. The van der Waals surface area contributed by atoms with Gasteiger partial charge in [0, 0.05) is 6.04 Å². The number of nitrogens with zero attached hydrogens (tertiary/aromatic N) is 1. The first-order chi connectivity index (χ1) is 15.0. The molecule has 0 aliphatic rings. The predicted molar refractivity (Wildman–Crippen MR) is 122 cm³/mol. The first kappa shape index (κ1) is 24.4. The summed E-state index contributed by atoms with van der Waals surface area (Å²) in [6.45, 7) is 2.05. The van der Waals surface area contributed by atoms with Gasteiger partial charge in [-0.3, -0.25) is 0 Å². The Bertz CT molecular complexity index is 894. The summed E-state index contributed by atoms with van der Waals surface area (Å²) in [5.74, 6) is 2.70. The molecule has 0 aliphatic heterocycles. The molecule has 2 aromatic carbocycles. The van der Waals surface area contributed by atoms with Crippen molar-refractivity contribution in [1.29, 1.82) is 5.26 Å². The Morgan fingerprint density at radius 1 is 0.903 bits per heavy atom. The van der Waals surface area contributed by atoms with Crippen LogP contribution in [0.5, 0.6) is 23.0 Å². The van der Waals surface area contributed by atoms with Crippen LogP contribution in [-0.4, -0.2) is 34.5 Å². The van der Waals surface area contributed by atoms with Crippen LogP contribution in [0.2, 0.25) is 0 Å². The van der Waals surface area contributed by atoms with E-state index in [4.69, 9.17) is 24.7 Å². The first-order valence-electron chi connectivity index (χ1n) is 10.6. The van der Waals surface area contributed by atoms with Crippen molar-refractivity contribution in [2.75, 3.05) is 28.4 Å². The van der Waals surface area contributed by atoms with Gasteiger partial charge in [0.2, 0.25) is 0 Å². The molecule has 0 heterocycles. The lowest BCUT2D eigenvalue weighted by Crippen LogP contribution is -2.26. The molecule has 0 saturated heterocycles. The quantitative estimate of drug-likeness (QED) is 0.532. The van der Waals surface area contributed by atoms with Crippen LogP contribution in [0.25, 0.3) is 0 Å². The van der Waals surface area contributed by atoms with E-state index in [1.54, 1.807) is 28.4 Å². The maximum absolute atomic E-state index is 10.0. The molecule has 6 nitrogen and oxygen atoms in total. The Hall–Kier alpha value is -2.91. The highest BCUT2D eigenvalue weighted by molar-refractivity contribution is 5.47. The fourth-order valence-electron chi connectivity index (χ4n) is 3.94.